The zero-order valence-electron chi connectivity index (χ0n) is 10.3. The average Bonchev–Trinajstić information content (AvgIpc) is 2.77. The second-order valence-electron chi connectivity index (χ2n) is 4.05. The number of aromatic amines is 1. The van der Waals surface area contributed by atoms with Gasteiger partial charge in [0.2, 0.25) is 0 Å². The molecule has 0 aromatic carbocycles. The Hall–Kier alpha value is -0.920. The summed E-state index contributed by atoms with van der Waals surface area (Å²) in [7, 11) is -3.54. The van der Waals surface area contributed by atoms with E-state index in [1.165, 1.54) is 12.5 Å². The molecule has 0 radical (unpaired) electrons. The Morgan fingerprint density at radius 3 is 2.71 bits per heavy atom. The third-order valence-corrected chi connectivity index (χ3v) is 3.79. The van der Waals surface area contributed by atoms with Crippen LogP contribution in [0.5, 0.6) is 0 Å². The van der Waals surface area contributed by atoms with Crippen molar-refractivity contribution in [2.24, 2.45) is 5.92 Å². The van der Waals surface area contributed by atoms with Gasteiger partial charge in [-0.2, -0.15) is 0 Å². The first kappa shape index (κ1) is 14.1. The first-order valence-electron chi connectivity index (χ1n) is 5.55. The molecule has 0 saturated heterocycles. The lowest BCUT2D eigenvalue weighted by atomic mass is 10.1. The van der Waals surface area contributed by atoms with Gasteiger partial charge in [-0.25, -0.2) is 18.1 Å². The fourth-order valence-corrected chi connectivity index (χ4v) is 2.53. The highest BCUT2D eigenvalue weighted by molar-refractivity contribution is 7.89. The minimum atomic E-state index is -3.54. The first-order chi connectivity index (χ1) is 7.97. The molecule has 7 heteroatoms. The topological polar surface area (TPSA) is 84.1 Å². The number of nitrogens with one attached hydrogen (secondary N) is 2. The molecule has 0 bridgehead atoms. The highest BCUT2D eigenvalue weighted by Gasteiger charge is 2.23. The van der Waals surface area contributed by atoms with Crippen LogP contribution in [0.1, 0.15) is 20.8 Å². The van der Waals surface area contributed by atoms with Crippen molar-refractivity contribution in [3.8, 4) is 0 Å². The van der Waals surface area contributed by atoms with Crippen LogP contribution in [0, 0.1) is 5.92 Å². The van der Waals surface area contributed by atoms with Crippen molar-refractivity contribution in [3.63, 3.8) is 0 Å². The van der Waals surface area contributed by atoms with Crippen LogP contribution in [0.3, 0.4) is 0 Å². The van der Waals surface area contributed by atoms with Crippen LogP contribution in [0.2, 0.25) is 0 Å². The Balaban J connectivity index is 2.73. The lowest BCUT2D eigenvalue weighted by Gasteiger charge is -2.21. The Morgan fingerprint density at radius 2 is 2.24 bits per heavy atom. The molecule has 1 aromatic heterocycles. The minimum absolute atomic E-state index is 0.0691. The molecule has 0 aliphatic heterocycles. The predicted octanol–water partition coefficient (Wildman–Crippen LogP) is 0.749. The SMILES string of the molecule is CCOCC(NS(=O)(=O)c1cnc[nH]1)C(C)C. The van der Waals surface area contributed by atoms with Crippen molar-refractivity contribution < 1.29 is 13.2 Å². The number of ether oxygens (including phenoxy) is 1. The monoisotopic (exact) mass is 261 g/mol. The number of nitrogens with zero attached hydrogens (tertiary/aromatic N) is 1. The molecule has 98 valence electrons. The fourth-order valence-electron chi connectivity index (χ4n) is 1.26. The molecule has 0 aliphatic rings. The summed E-state index contributed by atoms with van der Waals surface area (Å²) in [6.07, 6.45) is 2.61. The summed E-state index contributed by atoms with van der Waals surface area (Å²) in [6.45, 7) is 6.69. The minimum Gasteiger partial charge on any atom is -0.380 e. The van der Waals surface area contributed by atoms with Crippen molar-refractivity contribution in [3.05, 3.63) is 12.5 Å². The van der Waals surface area contributed by atoms with Crippen molar-refractivity contribution in [2.75, 3.05) is 13.2 Å². The molecule has 2 N–H and O–H groups in total. The summed E-state index contributed by atoms with van der Waals surface area (Å²) in [5.74, 6) is 0.152. The summed E-state index contributed by atoms with van der Waals surface area (Å²) in [5.41, 5.74) is 0. The summed E-state index contributed by atoms with van der Waals surface area (Å²) in [4.78, 5) is 6.27. The molecular formula is C10H19N3O3S. The lowest BCUT2D eigenvalue weighted by Crippen LogP contribution is -2.41. The van der Waals surface area contributed by atoms with Crippen molar-refractivity contribution >= 4 is 10.0 Å². The van der Waals surface area contributed by atoms with Crippen molar-refractivity contribution in [1.82, 2.24) is 14.7 Å². The molecule has 1 aromatic rings. The summed E-state index contributed by atoms with van der Waals surface area (Å²) < 4.78 is 31.7. The van der Waals surface area contributed by atoms with Gasteiger partial charge >= 0.3 is 0 Å². The zero-order valence-corrected chi connectivity index (χ0v) is 11.1. The average molecular weight is 261 g/mol. The largest absolute Gasteiger partial charge is 0.380 e. The number of hydrogen-bond acceptors (Lipinski definition) is 4. The van der Waals surface area contributed by atoms with Gasteiger partial charge in [-0.3, -0.25) is 0 Å². The van der Waals surface area contributed by atoms with Gasteiger partial charge in [-0.1, -0.05) is 13.8 Å². The van der Waals surface area contributed by atoms with E-state index in [4.69, 9.17) is 4.74 Å². The molecule has 0 aliphatic carbocycles. The number of rotatable bonds is 7. The molecule has 0 amide bonds. The van der Waals surface area contributed by atoms with E-state index in [0.717, 1.165) is 0 Å². The van der Waals surface area contributed by atoms with Gasteiger partial charge in [0, 0.05) is 12.6 Å². The van der Waals surface area contributed by atoms with Crippen molar-refractivity contribution in [2.45, 2.75) is 31.8 Å². The molecule has 0 saturated carbocycles. The molecule has 1 heterocycles. The Bertz CT molecular complexity index is 414. The van der Waals surface area contributed by atoms with Crippen LogP contribution >= 0.6 is 0 Å². The van der Waals surface area contributed by atoms with E-state index in [1.54, 1.807) is 0 Å². The van der Waals surface area contributed by atoms with Gasteiger partial charge in [0.25, 0.3) is 10.0 Å². The van der Waals surface area contributed by atoms with Gasteiger partial charge in [-0.15, -0.1) is 0 Å². The van der Waals surface area contributed by atoms with Gasteiger partial charge in [-0.05, 0) is 12.8 Å². The summed E-state index contributed by atoms with van der Waals surface area (Å²) >= 11 is 0. The molecule has 1 atom stereocenters. The van der Waals surface area contributed by atoms with Gasteiger partial charge in [0.1, 0.15) is 0 Å². The van der Waals surface area contributed by atoms with Crippen LogP contribution in [-0.2, 0) is 14.8 Å². The van der Waals surface area contributed by atoms with E-state index < -0.39 is 10.0 Å². The smallest absolute Gasteiger partial charge is 0.257 e. The van der Waals surface area contributed by atoms with E-state index in [-0.39, 0.29) is 17.0 Å². The Morgan fingerprint density at radius 1 is 1.53 bits per heavy atom. The normalized spacial score (nSPS) is 14.1. The maximum Gasteiger partial charge on any atom is 0.257 e. The van der Waals surface area contributed by atoms with Crippen LogP contribution in [0.4, 0.5) is 0 Å². The van der Waals surface area contributed by atoms with Crippen LogP contribution in [0.25, 0.3) is 0 Å². The van der Waals surface area contributed by atoms with E-state index in [0.29, 0.717) is 13.2 Å². The first-order valence-corrected chi connectivity index (χ1v) is 7.04. The molecule has 1 rings (SSSR count). The van der Waals surface area contributed by atoms with Crippen LogP contribution < -0.4 is 4.72 Å². The third-order valence-electron chi connectivity index (χ3n) is 2.38. The quantitative estimate of drug-likeness (QED) is 0.758. The Kier molecular flexibility index (Phi) is 5.10. The summed E-state index contributed by atoms with van der Waals surface area (Å²) in [6, 6.07) is -0.247. The van der Waals surface area contributed by atoms with Crippen LogP contribution in [0.15, 0.2) is 17.6 Å². The van der Waals surface area contributed by atoms with E-state index in [9.17, 15) is 8.42 Å². The van der Waals surface area contributed by atoms with Gasteiger partial charge < -0.3 is 9.72 Å². The lowest BCUT2D eigenvalue weighted by molar-refractivity contribution is 0.116. The number of hydrogen-bond donors (Lipinski definition) is 2. The number of aromatic nitrogens is 2. The molecule has 0 fully saturated rings. The van der Waals surface area contributed by atoms with Crippen molar-refractivity contribution in [1.29, 1.82) is 0 Å². The van der Waals surface area contributed by atoms with E-state index in [1.807, 2.05) is 20.8 Å². The maximum absolute atomic E-state index is 11.9. The molecule has 6 nitrogen and oxygen atoms in total. The van der Waals surface area contributed by atoms with Crippen LogP contribution in [-0.4, -0.2) is 37.6 Å². The second-order valence-corrected chi connectivity index (χ2v) is 5.73. The highest BCUT2D eigenvalue weighted by Crippen LogP contribution is 2.09. The summed E-state index contributed by atoms with van der Waals surface area (Å²) in [5, 5.41) is 0.0691. The molecule has 1 unspecified atom stereocenters. The fraction of sp³-hybridized carbons (Fsp3) is 0.700. The number of H-pyrrole nitrogens is 1. The zero-order chi connectivity index (χ0) is 12.9. The predicted molar refractivity (Wildman–Crippen MR) is 64.0 cm³/mol. The standard InChI is InChI=1S/C10H19N3O3S/c1-4-16-6-9(8(2)3)13-17(14,15)10-5-11-7-12-10/h5,7-9,13H,4,6H2,1-3H3,(H,11,12). The Labute approximate surface area is 102 Å². The van der Waals surface area contributed by atoms with E-state index in [2.05, 4.69) is 14.7 Å². The molecular weight excluding hydrogens is 242 g/mol. The van der Waals surface area contributed by atoms with E-state index >= 15 is 0 Å². The number of imidazole rings is 1. The van der Waals surface area contributed by atoms with Gasteiger partial charge in [0.05, 0.1) is 19.1 Å². The molecule has 0 spiro atoms. The number of sulfonamides is 1. The highest BCUT2D eigenvalue weighted by atomic mass is 32.2. The van der Waals surface area contributed by atoms with Gasteiger partial charge in [0.15, 0.2) is 5.03 Å². The second kappa shape index (κ2) is 6.13. The maximum atomic E-state index is 11.9. The molecule has 17 heavy (non-hydrogen) atoms. The third kappa shape index (κ3) is 4.10.